The van der Waals surface area contributed by atoms with Gasteiger partial charge in [0.1, 0.15) is 18.1 Å². The molecule has 0 aliphatic carbocycles. The van der Waals surface area contributed by atoms with Crippen molar-refractivity contribution in [3.63, 3.8) is 0 Å². The van der Waals surface area contributed by atoms with Gasteiger partial charge in [0, 0.05) is 23.5 Å². The van der Waals surface area contributed by atoms with Gasteiger partial charge in [-0.15, -0.1) is 0 Å². The number of benzene rings is 1. The van der Waals surface area contributed by atoms with Gasteiger partial charge in [0.25, 0.3) is 0 Å². The Bertz CT molecular complexity index is 1090. The summed E-state index contributed by atoms with van der Waals surface area (Å²) in [5.41, 5.74) is 7.15. The van der Waals surface area contributed by atoms with E-state index in [1.165, 1.54) is 6.92 Å². The lowest BCUT2D eigenvalue weighted by molar-refractivity contribution is -0.144. The van der Waals surface area contributed by atoms with Gasteiger partial charge in [-0.2, -0.15) is 0 Å². The Morgan fingerprint density at radius 1 is 0.914 bits per heavy atom. The molecule has 0 spiro atoms. The fourth-order valence-electron chi connectivity index (χ4n) is 3.46. The molecule has 12 nitrogen and oxygen atoms in total. The number of carbonyl (C=O) groups excluding carboxylic acids is 3. The van der Waals surface area contributed by atoms with Crippen molar-refractivity contribution in [2.45, 2.75) is 57.8 Å². The number of rotatable bonds is 12. The van der Waals surface area contributed by atoms with Crippen molar-refractivity contribution in [2.24, 2.45) is 11.7 Å². The molecule has 0 bridgehead atoms. The first kappa shape index (κ1) is 27.3. The van der Waals surface area contributed by atoms with Crippen LogP contribution in [-0.4, -0.2) is 69.0 Å². The number of aliphatic carboxylic acids is 2. The fraction of sp³-hybridized carbons (Fsp3) is 0.435. The molecule has 0 saturated carbocycles. The lowest BCUT2D eigenvalue weighted by atomic mass is 10.0. The van der Waals surface area contributed by atoms with Crippen molar-refractivity contribution in [3.05, 3.63) is 36.0 Å². The molecular weight excluding hydrogens is 458 g/mol. The molecule has 0 fully saturated rings. The number of para-hydroxylation sites is 1. The van der Waals surface area contributed by atoms with E-state index in [-0.39, 0.29) is 6.42 Å². The van der Waals surface area contributed by atoms with E-state index >= 15 is 0 Å². The highest BCUT2D eigenvalue weighted by molar-refractivity contribution is 5.96. The second kappa shape index (κ2) is 12.0. The summed E-state index contributed by atoms with van der Waals surface area (Å²) in [7, 11) is 0. The number of nitrogens with two attached hydrogens (primary N) is 1. The van der Waals surface area contributed by atoms with Crippen LogP contribution in [0.1, 0.15) is 32.8 Å². The third-order valence-corrected chi connectivity index (χ3v) is 5.39. The van der Waals surface area contributed by atoms with Gasteiger partial charge in [-0.25, -0.2) is 4.79 Å². The van der Waals surface area contributed by atoms with E-state index in [1.807, 2.05) is 24.3 Å². The molecule has 0 aliphatic heterocycles. The molecule has 4 atom stereocenters. The number of aromatic amines is 1. The van der Waals surface area contributed by atoms with E-state index in [2.05, 4.69) is 20.9 Å². The molecule has 190 valence electrons. The Hall–Kier alpha value is -3.93. The second-order valence-corrected chi connectivity index (χ2v) is 8.64. The number of carboxylic acid groups (broad SMARTS) is 2. The maximum atomic E-state index is 13.1. The molecule has 35 heavy (non-hydrogen) atoms. The Kier molecular flexibility index (Phi) is 9.34. The largest absolute Gasteiger partial charge is 0.481 e. The number of fused-ring (bicyclic) bond motifs is 1. The van der Waals surface area contributed by atoms with Crippen LogP contribution in [0.3, 0.4) is 0 Å². The lowest BCUT2D eigenvalue weighted by Gasteiger charge is -2.25. The highest BCUT2D eigenvalue weighted by Gasteiger charge is 2.32. The first-order chi connectivity index (χ1) is 16.4. The standard InChI is InChI=1S/C23H31N5O7/c1-11(2)19(23(34)35)28-22(33)17(9-18(29)30)27-21(32)16(26-20(31)12(3)24)8-13-10-25-15-7-5-4-6-14(13)15/h4-7,10-12,16-17,19,25H,8-9,24H2,1-3H3,(H,26,31)(H,27,32)(H,28,33)(H,29,30)(H,34,35). The van der Waals surface area contributed by atoms with Crippen LogP contribution in [0, 0.1) is 5.92 Å². The smallest absolute Gasteiger partial charge is 0.326 e. The van der Waals surface area contributed by atoms with Gasteiger partial charge in [-0.3, -0.25) is 19.2 Å². The average molecular weight is 490 g/mol. The summed E-state index contributed by atoms with van der Waals surface area (Å²) in [5.74, 6) is -5.56. The topological polar surface area (TPSA) is 204 Å². The SMILES string of the molecule is CC(N)C(=O)NC(Cc1c[nH]c2ccccc12)C(=O)NC(CC(=O)O)C(=O)NC(C(=O)O)C(C)C. The van der Waals surface area contributed by atoms with E-state index < -0.39 is 66.2 Å². The van der Waals surface area contributed by atoms with Crippen molar-refractivity contribution in [3.8, 4) is 0 Å². The zero-order chi connectivity index (χ0) is 26.3. The second-order valence-electron chi connectivity index (χ2n) is 8.64. The van der Waals surface area contributed by atoms with E-state index in [9.17, 15) is 34.2 Å². The number of H-pyrrole nitrogens is 1. The van der Waals surface area contributed by atoms with Crippen molar-refractivity contribution in [1.29, 1.82) is 0 Å². The first-order valence-corrected chi connectivity index (χ1v) is 11.1. The van der Waals surface area contributed by atoms with Crippen molar-refractivity contribution < 1.29 is 34.2 Å². The predicted molar refractivity (Wildman–Crippen MR) is 126 cm³/mol. The van der Waals surface area contributed by atoms with Crippen LogP contribution in [0.15, 0.2) is 30.5 Å². The summed E-state index contributed by atoms with van der Waals surface area (Å²) >= 11 is 0. The molecule has 3 amide bonds. The lowest BCUT2D eigenvalue weighted by Crippen LogP contribution is -2.58. The molecule has 1 aromatic carbocycles. The molecule has 8 N–H and O–H groups in total. The Morgan fingerprint density at radius 3 is 2.09 bits per heavy atom. The highest BCUT2D eigenvalue weighted by atomic mass is 16.4. The van der Waals surface area contributed by atoms with Gasteiger partial charge in [0.05, 0.1) is 12.5 Å². The Labute approximate surface area is 201 Å². The van der Waals surface area contributed by atoms with Gasteiger partial charge in [-0.1, -0.05) is 32.0 Å². The minimum atomic E-state index is -1.57. The molecule has 2 rings (SSSR count). The molecule has 1 heterocycles. The number of nitrogens with one attached hydrogen (secondary N) is 4. The Morgan fingerprint density at radius 2 is 1.51 bits per heavy atom. The van der Waals surface area contributed by atoms with E-state index in [4.69, 9.17) is 5.73 Å². The fourth-order valence-corrected chi connectivity index (χ4v) is 3.46. The van der Waals surface area contributed by atoms with Crippen LogP contribution in [0.2, 0.25) is 0 Å². The maximum Gasteiger partial charge on any atom is 0.326 e. The summed E-state index contributed by atoms with van der Waals surface area (Å²) < 4.78 is 0. The van der Waals surface area contributed by atoms with Crippen molar-refractivity contribution in [2.75, 3.05) is 0 Å². The predicted octanol–water partition coefficient (Wildman–Crippen LogP) is -0.273. The van der Waals surface area contributed by atoms with Crippen LogP contribution < -0.4 is 21.7 Å². The minimum absolute atomic E-state index is 0.0272. The van der Waals surface area contributed by atoms with E-state index in [0.29, 0.717) is 5.56 Å². The van der Waals surface area contributed by atoms with Gasteiger partial charge < -0.3 is 36.9 Å². The maximum absolute atomic E-state index is 13.1. The summed E-state index contributed by atoms with van der Waals surface area (Å²) in [5, 5.41) is 26.5. The number of hydrogen-bond acceptors (Lipinski definition) is 6. The van der Waals surface area contributed by atoms with E-state index in [0.717, 1.165) is 10.9 Å². The van der Waals surface area contributed by atoms with Crippen molar-refractivity contribution >= 4 is 40.6 Å². The first-order valence-electron chi connectivity index (χ1n) is 11.1. The van der Waals surface area contributed by atoms with Crippen molar-refractivity contribution in [1.82, 2.24) is 20.9 Å². The monoisotopic (exact) mass is 489 g/mol. The summed E-state index contributed by atoms with van der Waals surface area (Å²) in [6.07, 6.45) is 0.924. The van der Waals surface area contributed by atoms with Gasteiger partial charge in [0.2, 0.25) is 17.7 Å². The van der Waals surface area contributed by atoms with Gasteiger partial charge >= 0.3 is 11.9 Å². The quantitative estimate of drug-likeness (QED) is 0.211. The number of carboxylic acids is 2. The van der Waals surface area contributed by atoms with E-state index in [1.54, 1.807) is 20.0 Å². The molecule has 1 aromatic heterocycles. The molecular formula is C23H31N5O7. The molecule has 0 aliphatic rings. The van der Waals surface area contributed by atoms with Crippen LogP contribution >= 0.6 is 0 Å². The highest BCUT2D eigenvalue weighted by Crippen LogP contribution is 2.19. The number of hydrogen-bond donors (Lipinski definition) is 7. The average Bonchev–Trinajstić information content (AvgIpc) is 3.18. The Balaban J connectivity index is 2.28. The third-order valence-electron chi connectivity index (χ3n) is 5.39. The third kappa shape index (κ3) is 7.54. The van der Waals surface area contributed by atoms with Crippen LogP contribution in [0.25, 0.3) is 10.9 Å². The molecule has 0 radical (unpaired) electrons. The molecule has 12 heteroatoms. The molecule has 0 saturated heterocycles. The number of carbonyl (C=O) groups is 5. The zero-order valence-corrected chi connectivity index (χ0v) is 19.7. The van der Waals surface area contributed by atoms with Gasteiger partial charge in [0.15, 0.2) is 0 Å². The van der Waals surface area contributed by atoms with Crippen LogP contribution in [0.4, 0.5) is 0 Å². The minimum Gasteiger partial charge on any atom is -0.481 e. The summed E-state index contributed by atoms with van der Waals surface area (Å²) in [4.78, 5) is 64.0. The number of amides is 3. The molecule has 2 aromatic rings. The molecule has 4 unspecified atom stereocenters. The summed E-state index contributed by atoms with van der Waals surface area (Å²) in [6.45, 7) is 4.59. The zero-order valence-electron chi connectivity index (χ0n) is 19.7. The van der Waals surface area contributed by atoms with Gasteiger partial charge in [-0.05, 0) is 24.5 Å². The summed E-state index contributed by atoms with van der Waals surface area (Å²) in [6, 6.07) is 2.37. The van der Waals surface area contributed by atoms with Crippen LogP contribution in [-0.2, 0) is 30.4 Å². The normalized spacial score (nSPS) is 14.5. The van der Waals surface area contributed by atoms with Crippen LogP contribution in [0.5, 0.6) is 0 Å². The number of aromatic nitrogens is 1.